The molecule has 236 valence electrons. The molecule has 0 radical (unpaired) electrons. The third-order valence-electron chi connectivity index (χ3n) is 11.3. The number of rotatable bonds is 4. The van der Waals surface area contributed by atoms with Crippen LogP contribution in [0.3, 0.4) is 0 Å². The minimum atomic E-state index is 0.513. The van der Waals surface area contributed by atoms with Gasteiger partial charge in [0.15, 0.2) is 0 Å². The molecule has 0 spiro atoms. The molecule has 1 aromatic heterocycles. The van der Waals surface area contributed by atoms with Gasteiger partial charge < -0.3 is 4.57 Å². The second kappa shape index (κ2) is 11.6. The van der Waals surface area contributed by atoms with Crippen molar-refractivity contribution in [2.24, 2.45) is 0 Å². The molecule has 0 aliphatic heterocycles. The molecule has 1 atom stereocenters. The van der Waals surface area contributed by atoms with Crippen molar-refractivity contribution in [3.8, 4) is 11.1 Å². The SMILES string of the molecule is C1=Cc2c(c(-c3ccc4ccccc4c3)cc3ccc4c(c5ccccc5n4C4=CCCC(C5=CC(c6ccccc6)CCC5)=C4)c23)CC1. The number of hydrogen-bond donors (Lipinski definition) is 0. The van der Waals surface area contributed by atoms with Crippen LogP contribution in [-0.4, -0.2) is 4.57 Å². The third kappa shape index (κ3) is 4.75. The summed E-state index contributed by atoms with van der Waals surface area (Å²) in [7, 11) is 0. The molecule has 1 heterocycles. The monoisotopic (exact) mass is 629 g/mol. The fourth-order valence-electron chi connectivity index (χ4n) is 9.05. The molecule has 0 saturated heterocycles. The van der Waals surface area contributed by atoms with Crippen LogP contribution >= 0.6 is 0 Å². The number of aromatic nitrogens is 1. The van der Waals surface area contributed by atoms with Crippen molar-refractivity contribution < 1.29 is 0 Å². The Morgan fingerprint density at radius 3 is 2.39 bits per heavy atom. The maximum Gasteiger partial charge on any atom is 0.0547 e. The highest BCUT2D eigenvalue weighted by molar-refractivity contribution is 6.24. The van der Waals surface area contributed by atoms with Crippen LogP contribution in [0.2, 0.25) is 0 Å². The van der Waals surface area contributed by atoms with E-state index in [1.807, 2.05) is 0 Å². The van der Waals surface area contributed by atoms with Gasteiger partial charge in [-0.3, -0.25) is 0 Å². The number of allylic oxidation sites excluding steroid dienone is 7. The van der Waals surface area contributed by atoms with Crippen molar-refractivity contribution in [1.82, 2.24) is 4.57 Å². The summed E-state index contributed by atoms with van der Waals surface area (Å²) in [5, 5.41) is 8.02. The Morgan fingerprint density at radius 2 is 1.45 bits per heavy atom. The van der Waals surface area contributed by atoms with Gasteiger partial charge in [-0.25, -0.2) is 0 Å². The first-order valence-electron chi connectivity index (χ1n) is 18.1. The molecular weight excluding hydrogens is 591 g/mol. The zero-order valence-corrected chi connectivity index (χ0v) is 27.8. The van der Waals surface area contributed by atoms with Gasteiger partial charge in [-0.15, -0.1) is 0 Å². The van der Waals surface area contributed by atoms with Crippen molar-refractivity contribution in [3.05, 3.63) is 167 Å². The molecule has 3 aliphatic carbocycles. The molecule has 7 aromatic rings. The molecule has 0 saturated carbocycles. The van der Waals surface area contributed by atoms with Gasteiger partial charge in [-0.2, -0.15) is 0 Å². The molecule has 0 amide bonds. The molecule has 0 bridgehead atoms. The topological polar surface area (TPSA) is 4.93 Å². The van der Waals surface area contributed by atoms with Gasteiger partial charge in [-0.05, 0) is 136 Å². The van der Waals surface area contributed by atoms with Crippen molar-refractivity contribution >= 4 is 55.1 Å². The maximum atomic E-state index is 2.58. The van der Waals surface area contributed by atoms with Gasteiger partial charge in [0.2, 0.25) is 0 Å². The van der Waals surface area contributed by atoms with Crippen LogP contribution in [0.25, 0.3) is 66.3 Å². The standard InChI is InChI=1S/C48H39N/c1-2-12-32(13-3-1)35-16-10-17-36(28-35)37-18-11-19-40(30-37)49-45-23-9-8-22-43(45)48-46(49)27-26-39-31-44(41-20-6-7-21-42(41)47(39)48)38-25-24-33-14-4-5-15-34(33)29-38/h1-5,7-9,12-15,19,21-31,35H,6,10-11,16-18,20H2. The van der Waals surface area contributed by atoms with Gasteiger partial charge in [0.05, 0.1) is 11.0 Å². The summed E-state index contributed by atoms with van der Waals surface area (Å²) in [6.45, 7) is 0. The van der Waals surface area contributed by atoms with E-state index in [-0.39, 0.29) is 0 Å². The van der Waals surface area contributed by atoms with E-state index >= 15 is 0 Å². The van der Waals surface area contributed by atoms with Crippen LogP contribution in [0, 0.1) is 0 Å². The van der Waals surface area contributed by atoms with Crippen LogP contribution in [0.1, 0.15) is 61.1 Å². The largest absolute Gasteiger partial charge is 0.310 e. The highest BCUT2D eigenvalue weighted by Crippen LogP contribution is 2.45. The summed E-state index contributed by atoms with van der Waals surface area (Å²) in [6.07, 6.45) is 20.4. The first-order chi connectivity index (χ1) is 24.3. The molecule has 49 heavy (non-hydrogen) atoms. The third-order valence-corrected chi connectivity index (χ3v) is 11.3. The Bertz CT molecular complexity index is 2570. The van der Waals surface area contributed by atoms with Crippen molar-refractivity contribution in [2.75, 3.05) is 0 Å². The molecule has 6 aromatic carbocycles. The average Bonchev–Trinajstić information content (AvgIpc) is 3.52. The Balaban J connectivity index is 1.16. The fourth-order valence-corrected chi connectivity index (χ4v) is 9.05. The lowest BCUT2D eigenvalue weighted by atomic mass is 9.81. The van der Waals surface area contributed by atoms with Crippen molar-refractivity contribution in [2.45, 2.75) is 50.9 Å². The van der Waals surface area contributed by atoms with Crippen LogP contribution in [0.4, 0.5) is 0 Å². The zero-order valence-electron chi connectivity index (χ0n) is 27.8. The number of fused-ring (bicyclic) bond motifs is 8. The number of hydrogen-bond acceptors (Lipinski definition) is 0. The van der Waals surface area contributed by atoms with E-state index in [0.29, 0.717) is 5.92 Å². The van der Waals surface area contributed by atoms with Crippen LogP contribution < -0.4 is 0 Å². The molecule has 1 unspecified atom stereocenters. The number of para-hydroxylation sites is 1. The highest BCUT2D eigenvalue weighted by atomic mass is 15.0. The second-order valence-corrected chi connectivity index (χ2v) is 14.2. The van der Waals surface area contributed by atoms with E-state index in [9.17, 15) is 0 Å². The Morgan fingerprint density at radius 1 is 0.612 bits per heavy atom. The summed E-state index contributed by atoms with van der Waals surface area (Å²) in [4.78, 5) is 0. The van der Waals surface area contributed by atoms with Crippen LogP contribution in [-0.2, 0) is 6.42 Å². The molecule has 3 aliphatic rings. The summed E-state index contributed by atoms with van der Waals surface area (Å²) < 4.78 is 2.55. The lowest BCUT2D eigenvalue weighted by Gasteiger charge is -2.25. The van der Waals surface area contributed by atoms with E-state index in [1.165, 1.54) is 102 Å². The van der Waals surface area contributed by atoms with E-state index < -0.39 is 0 Å². The molecule has 1 nitrogen and oxygen atoms in total. The number of nitrogens with zero attached hydrogens (tertiary/aromatic N) is 1. The average molecular weight is 630 g/mol. The Kier molecular flexibility index (Phi) is 6.79. The summed E-state index contributed by atoms with van der Waals surface area (Å²) in [5.41, 5.74) is 14.0. The fraction of sp³-hybridized carbons (Fsp3) is 0.167. The minimum Gasteiger partial charge on any atom is -0.310 e. The van der Waals surface area contributed by atoms with Gasteiger partial charge in [0.1, 0.15) is 0 Å². The van der Waals surface area contributed by atoms with Crippen LogP contribution in [0.15, 0.2) is 151 Å². The Labute approximate surface area is 288 Å². The van der Waals surface area contributed by atoms with E-state index in [4.69, 9.17) is 0 Å². The normalized spacial score (nSPS) is 17.7. The van der Waals surface area contributed by atoms with Crippen molar-refractivity contribution in [3.63, 3.8) is 0 Å². The zero-order chi connectivity index (χ0) is 32.3. The molecular formula is C48H39N. The first-order valence-corrected chi connectivity index (χ1v) is 18.1. The Hall–Kier alpha value is -5.40. The maximum absolute atomic E-state index is 2.58. The first kappa shape index (κ1) is 28.6. The molecule has 1 heteroatoms. The predicted molar refractivity (Wildman–Crippen MR) is 210 cm³/mol. The number of benzene rings is 6. The van der Waals surface area contributed by atoms with Gasteiger partial charge in [-0.1, -0.05) is 115 Å². The van der Waals surface area contributed by atoms with Gasteiger partial charge >= 0.3 is 0 Å². The lowest BCUT2D eigenvalue weighted by Crippen LogP contribution is -2.07. The summed E-state index contributed by atoms with van der Waals surface area (Å²) in [6, 6.07) is 43.1. The smallest absolute Gasteiger partial charge is 0.0547 e. The summed E-state index contributed by atoms with van der Waals surface area (Å²) >= 11 is 0. The molecule has 0 fully saturated rings. The van der Waals surface area contributed by atoms with Crippen molar-refractivity contribution in [1.29, 1.82) is 0 Å². The van der Waals surface area contributed by atoms with Crippen LogP contribution in [0.5, 0.6) is 0 Å². The molecule has 10 rings (SSSR count). The van der Waals surface area contributed by atoms with Gasteiger partial charge in [0.25, 0.3) is 0 Å². The van der Waals surface area contributed by atoms with E-state index in [0.717, 1.165) is 25.7 Å². The highest BCUT2D eigenvalue weighted by Gasteiger charge is 2.23. The second-order valence-electron chi connectivity index (χ2n) is 14.2. The molecule has 0 N–H and O–H groups in total. The van der Waals surface area contributed by atoms with E-state index in [2.05, 4.69) is 150 Å². The summed E-state index contributed by atoms with van der Waals surface area (Å²) in [5.74, 6) is 0.513. The van der Waals surface area contributed by atoms with Gasteiger partial charge in [0, 0.05) is 22.4 Å². The minimum absolute atomic E-state index is 0.513. The van der Waals surface area contributed by atoms with E-state index in [1.54, 1.807) is 5.57 Å². The lowest BCUT2D eigenvalue weighted by molar-refractivity contribution is 0.632. The quantitative estimate of drug-likeness (QED) is 0.183. The predicted octanol–water partition coefficient (Wildman–Crippen LogP) is 13.2.